The summed E-state index contributed by atoms with van der Waals surface area (Å²) in [6.07, 6.45) is 10.8. The van der Waals surface area contributed by atoms with Crippen molar-refractivity contribution in [1.82, 2.24) is 19.9 Å². The van der Waals surface area contributed by atoms with Crippen LogP contribution < -0.4 is 20.9 Å². The maximum atomic E-state index is 11.7. The van der Waals surface area contributed by atoms with Gasteiger partial charge in [0.1, 0.15) is 18.2 Å². The third kappa shape index (κ3) is 7.40. The van der Waals surface area contributed by atoms with Crippen molar-refractivity contribution < 1.29 is 43.6 Å². The maximum absolute atomic E-state index is 11.7. The van der Waals surface area contributed by atoms with Gasteiger partial charge in [0, 0.05) is 78.6 Å². The molecular weight excluding hydrogens is 684 g/mol. The Hall–Kier alpha value is -5.51. The highest BCUT2D eigenvalue weighted by molar-refractivity contribution is 5.84. The van der Waals surface area contributed by atoms with Crippen LogP contribution in [0.3, 0.4) is 0 Å². The van der Waals surface area contributed by atoms with Gasteiger partial charge in [-0.2, -0.15) is 0 Å². The number of hydrogen-bond donors (Lipinski definition) is 6. The molecule has 0 amide bonds. The van der Waals surface area contributed by atoms with Crippen LogP contribution in [0.15, 0.2) is 67.3 Å². The van der Waals surface area contributed by atoms with Crippen molar-refractivity contribution in [3.8, 4) is 11.5 Å². The van der Waals surface area contributed by atoms with Gasteiger partial charge < -0.3 is 50.8 Å². The normalized spacial score (nSPS) is 24.2. The van der Waals surface area contributed by atoms with E-state index < -0.39 is 30.1 Å². The predicted octanol–water partition coefficient (Wildman–Crippen LogP) is 2.48. The number of nitrogens with one attached hydrogen (secondary N) is 2. The van der Waals surface area contributed by atoms with Crippen LogP contribution >= 0.6 is 0 Å². The Kier molecular flexibility index (Phi) is 10.7. The molecule has 0 unspecified atom stereocenters. The number of aromatic amines is 2. The molecule has 15 heteroatoms. The van der Waals surface area contributed by atoms with Gasteiger partial charge in [-0.25, -0.2) is 4.98 Å². The summed E-state index contributed by atoms with van der Waals surface area (Å²) in [5.41, 5.74) is 15.6. The number of carbonyl (C=O) groups excluding carboxylic acids is 2. The second-order valence-electron chi connectivity index (χ2n) is 13.8. The van der Waals surface area contributed by atoms with Crippen LogP contribution in [-0.4, -0.2) is 97.9 Å². The number of nitrogens with zero attached hydrogens (tertiary/aromatic N) is 2. The lowest BCUT2D eigenvalue weighted by Crippen LogP contribution is -2.65. The summed E-state index contributed by atoms with van der Waals surface area (Å²) in [5.74, 6) is -1.26. The molecule has 7 atom stereocenters. The van der Waals surface area contributed by atoms with Gasteiger partial charge >= 0.3 is 23.9 Å². The van der Waals surface area contributed by atoms with E-state index in [0.29, 0.717) is 24.0 Å². The number of carboxylic acids is 2. The number of imidazole rings is 1. The van der Waals surface area contributed by atoms with E-state index in [1.165, 1.54) is 25.7 Å². The highest BCUT2D eigenvalue weighted by atomic mass is 16.6. The molecule has 53 heavy (non-hydrogen) atoms. The highest BCUT2D eigenvalue weighted by Crippen LogP contribution is 2.62. The standard InChI is InChI=1S/C21H23NO5.C11H12N2O2.C6H9N3O2/c1-11(23)25-16-6-4-13-10-15-14-5-7-17(26-12(2)24)20-21(14,8-9-22(15)3)18(13)19(16)27-20;12-9(11(14)15)5-7-6-13-10-4-2-1-3-8(7)10;7-5(6(10)11)1-4-2-8-3-9-4/h4-7,14-15,17,20H,8-10H2,1-3H3;1-4,6,9,13H,5,12H2,(H,14,15);2-3,5H,1,7H2,(H,8,9)(H,10,11)/t14-,15+,17-,20-,21-;9-;5-/m011/s1. The summed E-state index contributed by atoms with van der Waals surface area (Å²) in [6.45, 7) is 3.77. The zero-order valence-electron chi connectivity index (χ0n) is 29.7. The number of fused-ring (bicyclic) bond motifs is 1. The monoisotopic (exact) mass is 728 g/mol. The molecule has 1 spiro atoms. The summed E-state index contributed by atoms with van der Waals surface area (Å²) in [7, 11) is 2.17. The van der Waals surface area contributed by atoms with Crippen molar-refractivity contribution in [2.75, 3.05) is 13.6 Å². The molecule has 4 aromatic rings. The van der Waals surface area contributed by atoms with Crippen molar-refractivity contribution in [1.29, 1.82) is 0 Å². The molecule has 2 aromatic carbocycles. The molecule has 2 aromatic heterocycles. The zero-order valence-corrected chi connectivity index (χ0v) is 29.7. The molecule has 0 radical (unpaired) electrons. The number of likely N-dealkylation sites (tertiary alicyclic amines) is 1. The number of para-hydroxylation sites is 1. The van der Waals surface area contributed by atoms with Crippen LogP contribution in [0.4, 0.5) is 0 Å². The smallest absolute Gasteiger partial charge is 0.320 e. The molecule has 2 aliphatic carbocycles. The van der Waals surface area contributed by atoms with Crippen molar-refractivity contribution in [2.45, 2.75) is 75.3 Å². The summed E-state index contributed by atoms with van der Waals surface area (Å²) in [4.78, 5) is 56.2. The number of ether oxygens (including phenoxy) is 3. The van der Waals surface area contributed by atoms with Crippen LogP contribution in [-0.2, 0) is 48.6 Å². The number of esters is 2. The molecule has 1 saturated heterocycles. The van der Waals surface area contributed by atoms with Gasteiger partial charge in [-0.15, -0.1) is 0 Å². The van der Waals surface area contributed by atoms with E-state index >= 15 is 0 Å². The third-order valence-corrected chi connectivity index (χ3v) is 10.4. The molecule has 15 nitrogen and oxygen atoms in total. The average molecular weight is 729 g/mol. The molecule has 1 fully saturated rings. The Morgan fingerprint density at radius 1 is 1.02 bits per heavy atom. The summed E-state index contributed by atoms with van der Waals surface area (Å²) < 4.78 is 17.5. The molecule has 2 bridgehead atoms. The van der Waals surface area contributed by atoms with E-state index in [2.05, 4.69) is 39.0 Å². The van der Waals surface area contributed by atoms with E-state index in [1.807, 2.05) is 42.6 Å². The number of H-pyrrole nitrogens is 2. The first kappa shape index (κ1) is 37.3. The molecular formula is C38H44N6O9. The van der Waals surface area contributed by atoms with Crippen LogP contribution in [0.1, 0.15) is 42.7 Å². The van der Waals surface area contributed by atoms with Crippen molar-refractivity contribution >= 4 is 34.8 Å². The summed E-state index contributed by atoms with van der Waals surface area (Å²) in [5, 5.41) is 18.2. The fourth-order valence-corrected chi connectivity index (χ4v) is 8.08. The van der Waals surface area contributed by atoms with Crippen LogP contribution in [0.25, 0.3) is 10.9 Å². The van der Waals surface area contributed by atoms with Crippen molar-refractivity contribution in [3.05, 3.63) is 89.7 Å². The minimum atomic E-state index is -1.00. The largest absolute Gasteiger partial charge is 0.481 e. The van der Waals surface area contributed by atoms with Gasteiger partial charge in [0.2, 0.25) is 0 Å². The fraction of sp³-hybridized carbons (Fsp3) is 0.395. The molecule has 2 aliphatic heterocycles. The van der Waals surface area contributed by atoms with Crippen molar-refractivity contribution in [3.63, 3.8) is 0 Å². The van der Waals surface area contributed by atoms with Gasteiger partial charge in [0.15, 0.2) is 17.6 Å². The first-order valence-electron chi connectivity index (χ1n) is 17.4. The first-order chi connectivity index (χ1) is 25.3. The Morgan fingerprint density at radius 3 is 2.43 bits per heavy atom. The second-order valence-corrected chi connectivity index (χ2v) is 13.8. The van der Waals surface area contributed by atoms with Crippen molar-refractivity contribution in [2.24, 2.45) is 17.4 Å². The minimum Gasteiger partial charge on any atom is -0.481 e. The third-order valence-electron chi connectivity index (χ3n) is 10.4. The highest BCUT2D eigenvalue weighted by Gasteiger charge is 2.65. The molecule has 8 N–H and O–H groups in total. The number of hydrogen-bond acceptors (Lipinski definition) is 11. The Balaban J connectivity index is 0.000000155. The molecule has 4 aliphatic rings. The van der Waals surface area contributed by atoms with Crippen LogP contribution in [0.2, 0.25) is 0 Å². The first-order valence-corrected chi connectivity index (χ1v) is 17.4. The Bertz CT molecular complexity index is 2030. The summed E-state index contributed by atoms with van der Waals surface area (Å²) in [6, 6.07) is 10.3. The number of carboxylic acid groups (broad SMARTS) is 2. The zero-order chi connectivity index (χ0) is 38.0. The van der Waals surface area contributed by atoms with Crippen LogP contribution in [0, 0.1) is 5.92 Å². The molecule has 4 heterocycles. The molecule has 8 rings (SSSR count). The lowest BCUT2D eigenvalue weighted by molar-refractivity contribution is -0.152. The number of nitrogens with two attached hydrogens (primary N) is 2. The van der Waals surface area contributed by atoms with Gasteiger partial charge in [0.25, 0.3) is 0 Å². The molecule has 280 valence electrons. The van der Waals surface area contributed by atoms with E-state index in [-0.39, 0.29) is 35.8 Å². The van der Waals surface area contributed by atoms with Gasteiger partial charge in [-0.3, -0.25) is 19.2 Å². The fourth-order valence-electron chi connectivity index (χ4n) is 8.08. The number of likely N-dealkylation sites (N-methyl/N-ethyl adjacent to an activating group) is 1. The van der Waals surface area contributed by atoms with E-state index in [9.17, 15) is 19.2 Å². The lowest BCUT2D eigenvalue weighted by Gasteiger charge is -2.56. The molecule has 0 saturated carbocycles. The van der Waals surface area contributed by atoms with E-state index in [4.69, 9.17) is 35.9 Å². The number of piperidine rings is 1. The second kappa shape index (κ2) is 15.2. The quantitative estimate of drug-likeness (QED) is 0.0870. The van der Waals surface area contributed by atoms with E-state index in [1.54, 1.807) is 6.20 Å². The van der Waals surface area contributed by atoms with E-state index in [0.717, 1.165) is 47.1 Å². The topological polar surface area (TPSA) is 236 Å². The number of aliphatic carboxylic acids is 2. The number of rotatable bonds is 8. The number of aromatic nitrogens is 3. The lowest BCUT2D eigenvalue weighted by atomic mass is 9.53. The summed E-state index contributed by atoms with van der Waals surface area (Å²) >= 11 is 0. The SMILES string of the molecule is CC(=O)Oc1ccc2c3c1O[C@H]1[C@@H](OC(C)=O)C=C[C@H]4[C@@H](C2)N(C)CC[C@@]341.N[C@H](Cc1c[nH]c2ccccc12)C(=O)O.N[C@H](Cc1cnc[nH]1)C(=O)O. The average Bonchev–Trinajstić information content (AvgIpc) is 3.86. The van der Waals surface area contributed by atoms with Gasteiger partial charge in [0.05, 0.1) is 6.33 Å². The van der Waals surface area contributed by atoms with Gasteiger partial charge in [-0.05, 0) is 55.8 Å². The predicted molar refractivity (Wildman–Crippen MR) is 192 cm³/mol. The number of benzene rings is 2. The maximum Gasteiger partial charge on any atom is 0.320 e. The minimum absolute atomic E-state index is 0.245. The Labute approximate surface area is 305 Å². The van der Waals surface area contributed by atoms with Gasteiger partial charge in [-0.1, -0.05) is 30.3 Å². The Morgan fingerprint density at radius 2 is 1.75 bits per heavy atom. The van der Waals surface area contributed by atoms with Crippen LogP contribution in [0.5, 0.6) is 11.5 Å². The number of carbonyl (C=O) groups is 4.